The normalized spacial score (nSPS) is 22.1. The first-order chi connectivity index (χ1) is 12.1. The molecule has 2 saturated carbocycles. The predicted octanol–water partition coefficient (Wildman–Crippen LogP) is 5.68. The molecule has 2 fully saturated rings. The molecule has 0 saturated heterocycles. The van der Waals surface area contributed by atoms with Gasteiger partial charge in [0.1, 0.15) is 5.75 Å². The van der Waals surface area contributed by atoms with Crippen LogP contribution in [0.4, 0.5) is 0 Å². The van der Waals surface area contributed by atoms with Gasteiger partial charge in [-0.25, -0.2) is 0 Å². The van der Waals surface area contributed by atoms with E-state index in [-0.39, 0.29) is 6.61 Å². The highest BCUT2D eigenvalue weighted by Crippen LogP contribution is 2.51. The maximum atomic E-state index is 9.63. The minimum atomic E-state index is 0.102. The van der Waals surface area contributed by atoms with Crippen LogP contribution in [0.5, 0.6) is 5.75 Å². The van der Waals surface area contributed by atoms with Crippen molar-refractivity contribution in [1.29, 1.82) is 0 Å². The summed E-state index contributed by atoms with van der Waals surface area (Å²) in [6.45, 7) is 4.87. The van der Waals surface area contributed by atoms with E-state index in [0.717, 1.165) is 11.3 Å². The van der Waals surface area contributed by atoms with Crippen molar-refractivity contribution >= 4 is 0 Å². The smallest absolute Gasteiger partial charge is 0.120 e. The van der Waals surface area contributed by atoms with Crippen molar-refractivity contribution in [3.05, 3.63) is 53.6 Å². The minimum absolute atomic E-state index is 0.102. The zero-order valence-corrected chi connectivity index (χ0v) is 15.3. The molecular formula is C23H28O2. The Balaban J connectivity index is 1.76. The summed E-state index contributed by atoms with van der Waals surface area (Å²) in [4.78, 5) is 0. The van der Waals surface area contributed by atoms with Gasteiger partial charge in [0.05, 0.1) is 12.7 Å². The molecule has 0 unspecified atom stereocenters. The van der Waals surface area contributed by atoms with Crippen LogP contribution in [0.15, 0.2) is 42.5 Å². The van der Waals surface area contributed by atoms with Crippen LogP contribution >= 0.6 is 0 Å². The average Bonchev–Trinajstić information content (AvgIpc) is 3.35. The molecule has 0 heterocycles. The van der Waals surface area contributed by atoms with Crippen molar-refractivity contribution in [2.75, 3.05) is 0 Å². The first-order valence-corrected chi connectivity index (χ1v) is 9.57. The fraction of sp³-hybridized carbons (Fsp3) is 0.478. The van der Waals surface area contributed by atoms with E-state index in [4.69, 9.17) is 4.74 Å². The van der Waals surface area contributed by atoms with Crippen LogP contribution in [0.1, 0.15) is 63.0 Å². The predicted molar refractivity (Wildman–Crippen MR) is 102 cm³/mol. The first-order valence-electron chi connectivity index (χ1n) is 9.57. The molecule has 0 aromatic heterocycles. The number of benzene rings is 2. The fourth-order valence-electron chi connectivity index (χ4n) is 4.28. The molecule has 0 aliphatic heterocycles. The fourth-order valence-corrected chi connectivity index (χ4v) is 4.28. The highest BCUT2D eigenvalue weighted by Gasteiger charge is 2.36. The average molecular weight is 336 g/mol. The number of hydrogen-bond donors (Lipinski definition) is 1. The summed E-state index contributed by atoms with van der Waals surface area (Å²) >= 11 is 0. The van der Waals surface area contributed by atoms with Gasteiger partial charge in [0, 0.05) is 0 Å². The zero-order valence-electron chi connectivity index (χ0n) is 15.3. The quantitative estimate of drug-likeness (QED) is 0.761. The summed E-state index contributed by atoms with van der Waals surface area (Å²) in [5.41, 5.74) is 5.22. The maximum Gasteiger partial charge on any atom is 0.120 e. The Labute approximate surface area is 150 Å². The second-order valence-electron chi connectivity index (χ2n) is 8.36. The van der Waals surface area contributed by atoms with E-state index in [9.17, 15) is 5.11 Å². The van der Waals surface area contributed by atoms with Crippen molar-refractivity contribution in [3.63, 3.8) is 0 Å². The van der Waals surface area contributed by atoms with E-state index in [1.165, 1.54) is 48.8 Å². The lowest BCUT2D eigenvalue weighted by atomic mass is 9.75. The number of hydrogen-bond acceptors (Lipinski definition) is 2. The number of rotatable bonds is 5. The Hall–Kier alpha value is -1.80. The molecule has 1 N–H and O–H groups in total. The lowest BCUT2D eigenvalue weighted by Gasteiger charge is -2.29. The second kappa shape index (κ2) is 6.49. The topological polar surface area (TPSA) is 29.5 Å². The van der Waals surface area contributed by atoms with Gasteiger partial charge >= 0.3 is 0 Å². The second-order valence-corrected chi connectivity index (χ2v) is 8.36. The van der Waals surface area contributed by atoms with Gasteiger partial charge < -0.3 is 9.84 Å². The highest BCUT2D eigenvalue weighted by molar-refractivity contribution is 5.70. The molecular weight excluding hydrogens is 308 g/mol. The molecule has 0 spiro atoms. The van der Waals surface area contributed by atoms with Crippen molar-refractivity contribution in [2.24, 2.45) is 5.41 Å². The summed E-state index contributed by atoms with van der Waals surface area (Å²) in [6, 6.07) is 15.0. The SMILES string of the molecule is CC1(C)CCC[C@H]1c1cc(CO)ccc1-c1cccc(OC2CC2)c1. The van der Waals surface area contributed by atoms with Gasteiger partial charge in [0.2, 0.25) is 0 Å². The maximum absolute atomic E-state index is 9.63. The standard InChI is InChI=1S/C23H28O2/c1-23(2)12-4-7-22(23)21-13-16(15-24)8-11-20(21)17-5-3-6-19(14-17)25-18-9-10-18/h3,5-6,8,11,13-14,18,22,24H,4,7,9-10,12,15H2,1-2H3/t22-/m0/s1. The van der Waals surface area contributed by atoms with Gasteiger partial charge in [0.25, 0.3) is 0 Å². The van der Waals surface area contributed by atoms with Gasteiger partial charge in [0.15, 0.2) is 0 Å². The van der Waals surface area contributed by atoms with E-state index in [2.05, 4.69) is 56.3 Å². The van der Waals surface area contributed by atoms with Crippen LogP contribution in [0.3, 0.4) is 0 Å². The summed E-state index contributed by atoms with van der Waals surface area (Å²) in [6.07, 6.45) is 6.55. The molecule has 2 nitrogen and oxygen atoms in total. The third-order valence-electron chi connectivity index (χ3n) is 5.90. The molecule has 2 heteroatoms. The van der Waals surface area contributed by atoms with Gasteiger partial charge in [-0.3, -0.25) is 0 Å². The largest absolute Gasteiger partial charge is 0.490 e. The molecule has 25 heavy (non-hydrogen) atoms. The molecule has 2 aromatic rings. The van der Waals surface area contributed by atoms with Crippen molar-refractivity contribution in [1.82, 2.24) is 0 Å². The van der Waals surface area contributed by atoms with E-state index in [1.54, 1.807) is 0 Å². The molecule has 2 aromatic carbocycles. The summed E-state index contributed by atoms with van der Waals surface area (Å²) < 4.78 is 6.00. The molecule has 2 aliphatic rings. The Morgan fingerprint density at radius 1 is 1.08 bits per heavy atom. The molecule has 0 amide bonds. The lowest BCUT2D eigenvalue weighted by Crippen LogP contribution is -2.16. The van der Waals surface area contributed by atoms with Crippen molar-refractivity contribution < 1.29 is 9.84 Å². The van der Waals surface area contributed by atoms with Gasteiger partial charge in [-0.05, 0) is 71.4 Å². The summed E-state index contributed by atoms with van der Waals surface area (Å²) in [5.74, 6) is 1.52. The monoisotopic (exact) mass is 336 g/mol. The van der Waals surface area contributed by atoms with Crippen LogP contribution in [-0.4, -0.2) is 11.2 Å². The van der Waals surface area contributed by atoms with E-state index >= 15 is 0 Å². The number of ether oxygens (including phenoxy) is 1. The van der Waals surface area contributed by atoms with Crippen LogP contribution in [0.25, 0.3) is 11.1 Å². The number of aliphatic hydroxyl groups is 1. The van der Waals surface area contributed by atoms with Crippen LogP contribution in [-0.2, 0) is 6.61 Å². The van der Waals surface area contributed by atoms with E-state index < -0.39 is 0 Å². The van der Waals surface area contributed by atoms with Gasteiger partial charge in [-0.15, -0.1) is 0 Å². The summed E-state index contributed by atoms with van der Waals surface area (Å²) in [7, 11) is 0. The Morgan fingerprint density at radius 3 is 2.60 bits per heavy atom. The van der Waals surface area contributed by atoms with Crippen LogP contribution < -0.4 is 4.74 Å². The zero-order chi connectivity index (χ0) is 17.4. The molecule has 4 rings (SSSR count). The molecule has 2 aliphatic carbocycles. The highest BCUT2D eigenvalue weighted by atomic mass is 16.5. The molecule has 132 valence electrons. The third kappa shape index (κ3) is 3.46. The Bertz CT molecular complexity index is 758. The third-order valence-corrected chi connectivity index (χ3v) is 5.90. The van der Waals surface area contributed by atoms with Crippen molar-refractivity contribution in [2.45, 2.75) is 64.6 Å². The van der Waals surface area contributed by atoms with Gasteiger partial charge in [-0.2, -0.15) is 0 Å². The van der Waals surface area contributed by atoms with Gasteiger partial charge in [-0.1, -0.05) is 50.6 Å². The number of aliphatic hydroxyl groups excluding tert-OH is 1. The lowest BCUT2D eigenvalue weighted by molar-refractivity contribution is 0.281. The Kier molecular flexibility index (Phi) is 4.33. The minimum Gasteiger partial charge on any atom is -0.490 e. The van der Waals surface area contributed by atoms with E-state index in [1.807, 2.05) is 0 Å². The molecule has 1 atom stereocenters. The van der Waals surface area contributed by atoms with Crippen LogP contribution in [0.2, 0.25) is 0 Å². The first kappa shape index (κ1) is 16.7. The van der Waals surface area contributed by atoms with Crippen LogP contribution in [0, 0.1) is 5.41 Å². The Morgan fingerprint density at radius 2 is 1.92 bits per heavy atom. The van der Waals surface area contributed by atoms with E-state index in [0.29, 0.717) is 17.4 Å². The molecule has 0 bridgehead atoms. The van der Waals surface area contributed by atoms with Crippen molar-refractivity contribution in [3.8, 4) is 16.9 Å². The molecule has 0 radical (unpaired) electrons. The summed E-state index contributed by atoms with van der Waals surface area (Å²) in [5, 5.41) is 9.63.